The molecule has 0 aliphatic carbocycles. The molecule has 2 aromatic rings. The number of ether oxygens (including phenoxy) is 1. The van der Waals surface area contributed by atoms with Crippen LogP contribution in [-0.4, -0.2) is 41.0 Å². The molecule has 1 unspecified atom stereocenters. The van der Waals surface area contributed by atoms with E-state index in [2.05, 4.69) is 0 Å². The number of fused-ring (bicyclic) bond motifs is 1. The van der Waals surface area contributed by atoms with Gasteiger partial charge in [-0.05, 0) is 18.2 Å². The Labute approximate surface area is 152 Å². The first kappa shape index (κ1) is 18.9. The van der Waals surface area contributed by atoms with Crippen LogP contribution in [0.4, 0.5) is 8.78 Å². The van der Waals surface area contributed by atoms with E-state index in [1.54, 1.807) is 12.1 Å². The van der Waals surface area contributed by atoms with Crippen LogP contribution >= 0.6 is 0 Å². The molecule has 1 aliphatic heterocycles. The first-order valence-electron chi connectivity index (χ1n) is 8.12. The summed E-state index contributed by atoms with van der Waals surface area (Å²) < 4.78 is 58.7. The summed E-state index contributed by atoms with van der Waals surface area (Å²) in [4.78, 5) is 2.09. The van der Waals surface area contributed by atoms with Crippen LogP contribution in [0.15, 0.2) is 41.3 Å². The van der Waals surface area contributed by atoms with Gasteiger partial charge in [0.2, 0.25) is 0 Å². The molecule has 0 fully saturated rings. The van der Waals surface area contributed by atoms with E-state index in [0.717, 1.165) is 15.9 Å². The molecule has 1 atom stereocenters. The molecule has 8 heteroatoms. The van der Waals surface area contributed by atoms with E-state index in [-0.39, 0.29) is 17.0 Å². The highest BCUT2D eigenvalue weighted by Crippen LogP contribution is 2.30. The Morgan fingerprint density at radius 2 is 2.04 bits per heavy atom. The molecule has 2 aromatic carbocycles. The molecule has 0 spiro atoms. The minimum Gasteiger partial charge on any atom is -0.593 e. The fourth-order valence-corrected chi connectivity index (χ4v) is 3.74. The third-order valence-corrected chi connectivity index (χ3v) is 6.11. The maximum absolute atomic E-state index is 13.9. The van der Waals surface area contributed by atoms with Crippen molar-refractivity contribution in [2.45, 2.75) is 18.0 Å². The van der Waals surface area contributed by atoms with Gasteiger partial charge in [0.1, 0.15) is 12.4 Å². The lowest BCUT2D eigenvalue weighted by Crippen LogP contribution is -2.29. The molecule has 5 nitrogen and oxygen atoms in total. The molecule has 140 valence electrons. The average Bonchev–Trinajstić information content (AvgIpc) is 2.79. The van der Waals surface area contributed by atoms with Crippen LogP contribution in [0.5, 0.6) is 5.75 Å². The molecule has 0 aromatic heterocycles. The Bertz CT molecular complexity index is 860. The van der Waals surface area contributed by atoms with Gasteiger partial charge in [-0.15, -0.1) is 4.31 Å². The van der Waals surface area contributed by atoms with Crippen LogP contribution in [0.2, 0.25) is 0 Å². The first-order valence-corrected chi connectivity index (χ1v) is 9.56. The largest absolute Gasteiger partial charge is 0.593 e. The molecule has 1 aliphatic rings. The number of nitrogens with zero attached hydrogens (tertiary/aromatic N) is 2. The second-order valence-corrected chi connectivity index (χ2v) is 8.48. The normalized spacial score (nSPS) is 17.3. The molecule has 26 heavy (non-hydrogen) atoms. The standard InChI is InChI=1S/C18H20F2N2O3S/c1-21(2)26(23,24)15-7-6-13-11-22(8-9-25-17(13)10-15)12-14-4-3-5-16(19)18(14)20/h3-7,10H,8-9,11-12H2,1-2H3. The van der Waals surface area contributed by atoms with Gasteiger partial charge in [-0.1, -0.05) is 16.3 Å². The number of rotatable bonds is 4. The number of hydrogen-bond acceptors (Lipinski definition) is 4. The molecular weight excluding hydrogens is 362 g/mol. The summed E-state index contributed by atoms with van der Waals surface area (Å²) in [6.07, 6.45) is 0. The van der Waals surface area contributed by atoms with E-state index in [1.165, 1.54) is 32.3 Å². The van der Waals surface area contributed by atoms with Crippen molar-refractivity contribution in [1.29, 1.82) is 0 Å². The Balaban J connectivity index is 1.83. The van der Waals surface area contributed by atoms with Crippen molar-refractivity contribution >= 4 is 10.4 Å². The lowest BCUT2D eigenvalue weighted by molar-refractivity contribution is 0.217. The highest BCUT2D eigenvalue weighted by Gasteiger charge is 2.26. The maximum atomic E-state index is 13.9. The molecule has 0 amide bonds. The topological polar surface area (TPSA) is 55.8 Å². The number of sulfonamides is 1. The number of hydrogen-bond donors (Lipinski definition) is 0. The van der Waals surface area contributed by atoms with Gasteiger partial charge >= 0.3 is 0 Å². The minimum atomic E-state index is -3.55. The lowest BCUT2D eigenvalue weighted by Gasteiger charge is -2.21. The van der Waals surface area contributed by atoms with Crippen molar-refractivity contribution in [3.05, 3.63) is 59.2 Å². The van der Waals surface area contributed by atoms with Crippen LogP contribution in [0.1, 0.15) is 11.1 Å². The molecule has 0 saturated carbocycles. The predicted molar refractivity (Wildman–Crippen MR) is 93.2 cm³/mol. The second kappa shape index (κ2) is 7.40. The number of halogens is 2. The average molecular weight is 382 g/mol. The number of benzene rings is 2. The molecule has 1 heterocycles. The highest BCUT2D eigenvalue weighted by molar-refractivity contribution is 7.95. The molecule has 3 rings (SSSR count). The van der Waals surface area contributed by atoms with Gasteiger partial charge in [0.25, 0.3) is 0 Å². The Morgan fingerprint density at radius 1 is 1.27 bits per heavy atom. The van der Waals surface area contributed by atoms with E-state index < -0.39 is 22.0 Å². The molecule has 0 saturated heterocycles. The van der Waals surface area contributed by atoms with Gasteiger partial charge < -0.3 is 9.29 Å². The van der Waals surface area contributed by atoms with Crippen molar-refractivity contribution in [2.75, 3.05) is 27.2 Å². The monoisotopic (exact) mass is 382 g/mol. The summed E-state index contributed by atoms with van der Waals surface area (Å²) in [5.74, 6) is -1.21. The Hall–Kier alpha value is -1.87. The summed E-state index contributed by atoms with van der Waals surface area (Å²) >= 11 is 0. The van der Waals surface area contributed by atoms with Crippen molar-refractivity contribution in [1.82, 2.24) is 9.21 Å². The van der Waals surface area contributed by atoms with Gasteiger partial charge in [0, 0.05) is 50.9 Å². The zero-order valence-electron chi connectivity index (χ0n) is 14.6. The molecule has 0 bridgehead atoms. The Kier molecular flexibility index (Phi) is 5.38. The van der Waals surface area contributed by atoms with E-state index in [4.69, 9.17) is 4.74 Å². The van der Waals surface area contributed by atoms with Gasteiger partial charge in [-0.3, -0.25) is 4.90 Å². The van der Waals surface area contributed by atoms with Crippen molar-refractivity contribution in [2.24, 2.45) is 0 Å². The SMILES string of the molecule is CN(C)[S+](=O)([O-])c1ccc2c(c1)OCCN(Cc1cccc(F)c1F)C2. The van der Waals surface area contributed by atoms with E-state index in [0.29, 0.717) is 25.4 Å². The lowest BCUT2D eigenvalue weighted by atomic mass is 10.1. The van der Waals surface area contributed by atoms with E-state index in [1.807, 2.05) is 4.90 Å². The third kappa shape index (κ3) is 3.78. The van der Waals surface area contributed by atoms with Gasteiger partial charge in [0.05, 0.1) is 0 Å². The van der Waals surface area contributed by atoms with Crippen molar-refractivity contribution < 1.29 is 22.3 Å². The molecule has 0 radical (unpaired) electrons. The van der Waals surface area contributed by atoms with Crippen LogP contribution in [-0.2, 0) is 27.7 Å². The molecule has 0 N–H and O–H groups in total. The summed E-state index contributed by atoms with van der Waals surface area (Å²) in [5, 5.41) is 0. The quantitative estimate of drug-likeness (QED) is 0.763. The van der Waals surface area contributed by atoms with Crippen LogP contribution < -0.4 is 4.74 Å². The van der Waals surface area contributed by atoms with E-state index in [9.17, 15) is 17.5 Å². The van der Waals surface area contributed by atoms with E-state index >= 15 is 0 Å². The Morgan fingerprint density at radius 3 is 2.77 bits per heavy atom. The minimum absolute atomic E-state index is 0.158. The van der Waals surface area contributed by atoms with Gasteiger partial charge in [-0.2, -0.15) is 0 Å². The highest BCUT2D eigenvalue weighted by atomic mass is 32.3. The first-order chi connectivity index (χ1) is 12.3. The zero-order valence-corrected chi connectivity index (χ0v) is 15.4. The summed E-state index contributed by atoms with van der Waals surface area (Å²) in [5.41, 5.74) is 1.08. The predicted octanol–water partition coefficient (Wildman–Crippen LogP) is 2.82. The zero-order chi connectivity index (χ0) is 18.9. The summed E-state index contributed by atoms with van der Waals surface area (Å²) in [7, 11) is -0.608. The molecular formula is C18H20F2N2O3S. The second-order valence-electron chi connectivity index (χ2n) is 6.33. The fraction of sp³-hybridized carbons (Fsp3) is 0.333. The van der Waals surface area contributed by atoms with Crippen LogP contribution in [0.25, 0.3) is 0 Å². The van der Waals surface area contributed by atoms with Crippen LogP contribution in [0.3, 0.4) is 0 Å². The van der Waals surface area contributed by atoms with Gasteiger partial charge in [-0.25, -0.2) is 8.78 Å². The van der Waals surface area contributed by atoms with Crippen molar-refractivity contribution in [3.63, 3.8) is 0 Å². The fourth-order valence-electron chi connectivity index (χ4n) is 2.82. The summed E-state index contributed by atoms with van der Waals surface area (Å²) in [6.45, 7) is 1.54. The smallest absolute Gasteiger partial charge is 0.179 e. The summed E-state index contributed by atoms with van der Waals surface area (Å²) in [6, 6.07) is 8.87. The van der Waals surface area contributed by atoms with Crippen molar-refractivity contribution in [3.8, 4) is 5.75 Å². The maximum Gasteiger partial charge on any atom is 0.179 e. The van der Waals surface area contributed by atoms with Crippen LogP contribution in [0, 0.1) is 11.6 Å². The third-order valence-electron chi connectivity index (χ3n) is 4.30. The van der Waals surface area contributed by atoms with Gasteiger partial charge in [0.15, 0.2) is 26.9 Å².